The van der Waals surface area contributed by atoms with Gasteiger partial charge in [0.1, 0.15) is 11.5 Å². The van der Waals surface area contributed by atoms with E-state index in [4.69, 9.17) is 0 Å². The van der Waals surface area contributed by atoms with Crippen molar-refractivity contribution in [2.75, 3.05) is 0 Å². The summed E-state index contributed by atoms with van der Waals surface area (Å²) < 4.78 is 0. The maximum absolute atomic E-state index is 10.1. The van der Waals surface area contributed by atoms with Gasteiger partial charge in [-0.3, -0.25) is 0 Å². The molecule has 0 amide bonds. The van der Waals surface area contributed by atoms with Gasteiger partial charge < -0.3 is 10.2 Å². The summed E-state index contributed by atoms with van der Waals surface area (Å²) in [6, 6.07) is 3.55. The summed E-state index contributed by atoms with van der Waals surface area (Å²) in [4.78, 5) is 0. The molecule has 0 aromatic heterocycles. The van der Waals surface area contributed by atoms with E-state index >= 15 is 0 Å². The van der Waals surface area contributed by atoms with E-state index in [2.05, 4.69) is 13.8 Å². The molecule has 0 radical (unpaired) electrons. The predicted octanol–water partition coefficient (Wildman–Crippen LogP) is 6.12. The molecule has 0 aliphatic carbocycles. The third-order valence-corrected chi connectivity index (χ3v) is 4.38. The molecule has 22 heavy (non-hydrogen) atoms. The fourth-order valence-electron chi connectivity index (χ4n) is 2.90. The molecule has 0 saturated heterocycles. The van der Waals surface area contributed by atoms with E-state index in [-0.39, 0.29) is 0 Å². The van der Waals surface area contributed by atoms with Gasteiger partial charge in [0, 0.05) is 0 Å². The molecular formula is C20H34O2. The van der Waals surface area contributed by atoms with Crippen molar-refractivity contribution in [2.24, 2.45) is 0 Å². The number of unbranched alkanes of at least 4 members (excludes halogenated alkanes) is 8. The van der Waals surface area contributed by atoms with Crippen molar-refractivity contribution in [2.45, 2.75) is 90.9 Å². The molecule has 0 aliphatic rings. The Bertz CT molecular complexity index is 373. The summed E-state index contributed by atoms with van der Waals surface area (Å²) in [7, 11) is 0. The van der Waals surface area contributed by atoms with E-state index in [1.54, 1.807) is 12.1 Å². The van der Waals surface area contributed by atoms with E-state index in [1.807, 2.05) is 0 Å². The number of phenolic OH excluding ortho intramolecular Hbond substituents is 2. The van der Waals surface area contributed by atoms with Crippen LogP contribution in [-0.2, 0) is 12.8 Å². The Morgan fingerprint density at radius 3 is 1.32 bits per heavy atom. The van der Waals surface area contributed by atoms with Crippen molar-refractivity contribution in [3.63, 3.8) is 0 Å². The summed E-state index contributed by atoms with van der Waals surface area (Å²) in [5, 5.41) is 20.3. The molecule has 0 unspecified atom stereocenters. The highest BCUT2D eigenvalue weighted by atomic mass is 16.3. The Hall–Kier alpha value is -1.18. The zero-order chi connectivity index (χ0) is 16.2. The smallest absolute Gasteiger partial charge is 0.119 e. The van der Waals surface area contributed by atoms with Crippen molar-refractivity contribution in [3.05, 3.63) is 23.3 Å². The summed E-state index contributed by atoms with van der Waals surface area (Å²) in [5.41, 5.74) is 1.78. The molecule has 2 heteroatoms. The average molecular weight is 306 g/mol. The number of phenols is 2. The lowest BCUT2D eigenvalue weighted by molar-refractivity contribution is 0.446. The van der Waals surface area contributed by atoms with Crippen molar-refractivity contribution >= 4 is 0 Å². The van der Waals surface area contributed by atoms with Crippen molar-refractivity contribution in [3.8, 4) is 11.5 Å². The van der Waals surface area contributed by atoms with E-state index < -0.39 is 0 Å². The molecule has 0 fully saturated rings. The van der Waals surface area contributed by atoms with Crippen LogP contribution in [0.4, 0.5) is 0 Å². The van der Waals surface area contributed by atoms with Crippen LogP contribution in [-0.4, -0.2) is 10.2 Å². The van der Waals surface area contributed by atoms with Gasteiger partial charge >= 0.3 is 0 Å². The Labute approximate surface area is 136 Å². The number of aryl methyl sites for hydroxylation is 2. The maximum atomic E-state index is 10.1. The first-order chi connectivity index (χ1) is 10.7. The van der Waals surface area contributed by atoms with Crippen molar-refractivity contribution in [1.29, 1.82) is 0 Å². The van der Waals surface area contributed by atoms with Crippen LogP contribution in [0.15, 0.2) is 12.1 Å². The van der Waals surface area contributed by atoms with Gasteiger partial charge in [-0.05, 0) is 48.9 Å². The van der Waals surface area contributed by atoms with E-state index in [0.717, 1.165) is 36.8 Å². The van der Waals surface area contributed by atoms with Gasteiger partial charge in [0.15, 0.2) is 0 Å². The molecule has 0 atom stereocenters. The number of rotatable bonds is 12. The minimum Gasteiger partial charge on any atom is -0.508 e. The number of benzene rings is 1. The molecule has 1 aromatic rings. The molecule has 0 heterocycles. The fraction of sp³-hybridized carbons (Fsp3) is 0.700. The normalized spacial score (nSPS) is 11.0. The molecule has 126 valence electrons. The van der Waals surface area contributed by atoms with Gasteiger partial charge in [-0.15, -0.1) is 0 Å². The van der Waals surface area contributed by atoms with Crippen LogP contribution in [0.3, 0.4) is 0 Å². The summed E-state index contributed by atoms with van der Waals surface area (Å²) in [6.45, 7) is 4.43. The van der Waals surface area contributed by atoms with Crippen LogP contribution in [0.25, 0.3) is 0 Å². The highest BCUT2D eigenvalue weighted by molar-refractivity contribution is 5.45. The average Bonchev–Trinajstić information content (AvgIpc) is 2.51. The third kappa shape index (κ3) is 7.20. The molecular weight excluding hydrogens is 272 g/mol. The quantitative estimate of drug-likeness (QED) is 0.360. The van der Waals surface area contributed by atoms with Gasteiger partial charge in [-0.25, -0.2) is 0 Å². The second kappa shape index (κ2) is 11.4. The van der Waals surface area contributed by atoms with Gasteiger partial charge in [0.2, 0.25) is 0 Å². The van der Waals surface area contributed by atoms with Crippen LogP contribution in [0.2, 0.25) is 0 Å². The highest BCUT2D eigenvalue weighted by Gasteiger charge is 2.08. The third-order valence-electron chi connectivity index (χ3n) is 4.38. The SMILES string of the molecule is CCCCCCCc1cc(O)c(CCCCCCC)cc1O. The van der Waals surface area contributed by atoms with E-state index in [1.165, 1.54) is 51.4 Å². The summed E-state index contributed by atoms with van der Waals surface area (Å²) >= 11 is 0. The van der Waals surface area contributed by atoms with Crippen LogP contribution < -0.4 is 0 Å². The Morgan fingerprint density at radius 1 is 0.591 bits per heavy atom. The van der Waals surface area contributed by atoms with E-state index in [9.17, 15) is 10.2 Å². The molecule has 2 N–H and O–H groups in total. The lowest BCUT2D eigenvalue weighted by Crippen LogP contribution is -1.92. The minimum atomic E-state index is 0.358. The van der Waals surface area contributed by atoms with Gasteiger partial charge in [0.05, 0.1) is 0 Å². The molecule has 0 bridgehead atoms. The molecule has 1 aromatic carbocycles. The first kappa shape index (κ1) is 18.9. The largest absolute Gasteiger partial charge is 0.508 e. The monoisotopic (exact) mass is 306 g/mol. The second-order valence-electron chi connectivity index (χ2n) is 6.44. The van der Waals surface area contributed by atoms with Gasteiger partial charge in [-0.1, -0.05) is 65.2 Å². The molecule has 0 saturated carbocycles. The Morgan fingerprint density at radius 2 is 0.955 bits per heavy atom. The zero-order valence-electron chi connectivity index (χ0n) is 14.5. The number of hydrogen-bond acceptors (Lipinski definition) is 2. The van der Waals surface area contributed by atoms with Crippen molar-refractivity contribution in [1.82, 2.24) is 0 Å². The standard InChI is InChI=1S/C20H34O2/c1-3-5-7-9-11-13-17-15-20(22)18(16-19(17)21)14-12-10-8-6-4-2/h15-16,21-22H,3-14H2,1-2H3. The zero-order valence-corrected chi connectivity index (χ0v) is 14.5. The second-order valence-corrected chi connectivity index (χ2v) is 6.44. The molecule has 0 spiro atoms. The van der Waals surface area contributed by atoms with E-state index in [0.29, 0.717) is 11.5 Å². The number of hydrogen-bond donors (Lipinski definition) is 2. The first-order valence-corrected chi connectivity index (χ1v) is 9.22. The lowest BCUT2D eigenvalue weighted by atomic mass is 9.99. The molecule has 0 aliphatic heterocycles. The van der Waals surface area contributed by atoms with Crippen LogP contribution in [0, 0.1) is 0 Å². The lowest BCUT2D eigenvalue weighted by Gasteiger charge is -2.10. The number of aromatic hydroxyl groups is 2. The van der Waals surface area contributed by atoms with Gasteiger partial charge in [-0.2, -0.15) is 0 Å². The van der Waals surface area contributed by atoms with Crippen LogP contribution >= 0.6 is 0 Å². The van der Waals surface area contributed by atoms with Gasteiger partial charge in [0.25, 0.3) is 0 Å². The first-order valence-electron chi connectivity index (χ1n) is 9.22. The summed E-state index contributed by atoms with van der Waals surface area (Å²) in [5.74, 6) is 0.716. The topological polar surface area (TPSA) is 40.5 Å². The maximum Gasteiger partial charge on any atom is 0.119 e. The summed E-state index contributed by atoms with van der Waals surface area (Å²) in [6.07, 6.45) is 13.9. The van der Waals surface area contributed by atoms with Crippen molar-refractivity contribution < 1.29 is 10.2 Å². The molecule has 1 rings (SSSR count). The molecule has 2 nitrogen and oxygen atoms in total. The fourth-order valence-corrected chi connectivity index (χ4v) is 2.90. The van der Waals surface area contributed by atoms with Crippen LogP contribution in [0.5, 0.6) is 11.5 Å². The Kier molecular flexibility index (Phi) is 9.77. The predicted molar refractivity (Wildman–Crippen MR) is 94.7 cm³/mol. The van der Waals surface area contributed by atoms with Crippen LogP contribution in [0.1, 0.15) is 89.2 Å². The minimum absolute atomic E-state index is 0.358. The Balaban J connectivity index is 2.42. The highest BCUT2D eigenvalue weighted by Crippen LogP contribution is 2.30.